The number of benzene rings is 3. The lowest BCUT2D eigenvalue weighted by molar-refractivity contribution is -0.140. The highest BCUT2D eigenvalue weighted by molar-refractivity contribution is 5.88. The minimum Gasteiger partial charge on any atom is -0.355 e. The van der Waals surface area contributed by atoms with E-state index < -0.39 is 6.04 Å². The fourth-order valence-corrected chi connectivity index (χ4v) is 4.04. The lowest BCUT2D eigenvalue weighted by Crippen LogP contribution is -2.50. The first-order valence-electron chi connectivity index (χ1n) is 11.6. The average molecular weight is 443 g/mol. The molecule has 0 aliphatic rings. The molecular weight excluding hydrogens is 408 g/mol. The van der Waals surface area contributed by atoms with Gasteiger partial charge < -0.3 is 10.2 Å². The van der Waals surface area contributed by atoms with E-state index in [0.29, 0.717) is 19.5 Å². The molecule has 1 unspecified atom stereocenters. The van der Waals surface area contributed by atoms with Crippen LogP contribution >= 0.6 is 0 Å². The number of hydrogen-bond donors (Lipinski definition) is 1. The summed E-state index contributed by atoms with van der Waals surface area (Å²) < 4.78 is 0. The molecule has 1 atom stereocenters. The van der Waals surface area contributed by atoms with Crippen LogP contribution in [0.3, 0.4) is 0 Å². The van der Waals surface area contributed by atoms with Gasteiger partial charge in [-0.15, -0.1) is 0 Å². The quantitative estimate of drug-likeness (QED) is 0.511. The van der Waals surface area contributed by atoms with E-state index in [1.54, 1.807) is 4.90 Å². The fraction of sp³-hybridized carbons (Fsp3) is 0.310. The van der Waals surface area contributed by atoms with Gasteiger partial charge in [-0.2, -0.15) is 0 Å². The largest absolute Gasteiger partial charge is 0.355 e. The molecule has 0 fully saturated rings. The standard InChI is InChI=1S/C29H34N2O2/c1-5-30-29(33)27(18-24-11-7-6-8-12-24)31(20-26-13-9-10-21(2)16-26)28(32)19-25-15-14-22(3)23(4)17-25/h6-17,27H,5,18-20H2,1-4H3,(H,30,33). The molecule has 1 N–H and O–H groups in total. The van der Waals surface area contributed by atoms with E-state index in [-0.39, 0.29) is 18.2 Å². The molecule has 33 heavy (non-hydrogen) atoms. The first-order chi connectivity index (χ1) is 15.9. The Bertz CT molecular complexity index is 1090. The van der Waals surface area contributed by atoms with Crippen LogP contribution in [0, 0.1) is 20.8 Å². The maximum atomic E-state index is 13.7. The van der Waals surface area contributed by atoms with E-state index in [1.165, 1.54) is 5.56 Å². The summed E-state index contributed by atoms with van der Waals surface area (Å²) in [7, 11) is 0. The van der Waals surface area contributed by atoms with Gasteiger partial charge in [-0.3, -0.25) is 9.59 Å². The number of nitrogens with one attached hydrogen (secondary N) is 1. The normalized spacial score (nSPS) is 11.6. The van der Waals surface area contributed by atoms with Crippen molar-refractivity contribution in [1.29, 1.82) is 0 Å². The number of aryl methyl sites for hydroxylation is 3. The van der Waals surface area contributed by atoms with Crippen molar-refractivity contribution in [2.24, 2.45) is 0 Å². The molecule has 3 rings (SSSR count). The van der Waals surface area contributed by atoms with Crippen molar-refractivity contribution in [3.63, 3.8) is 0 Å². The third-order valence-corrected chi connectivity index (χ3v) is 5.98. The van der Waals surface area contributed by atoms with Crippen LogP contribution in [0.25, 0.3) is 0 Å². The van der Waals surface area contributed by atoms with Crippen molar-refractivity contribution < 1.29 is 9.59 Å². The number of hydrogen-bond acceptors (Lipinski definition) is 2. The second-order valence-electron chi connectivity index (χ2n) is 8.71. The summed E-state index contributed by atoms with van der Waals surface area (Å²) in [6.45, 7) is 8.97. The fourth-order valence-electron chi connectivity index (χ4n) is 4.04. The van der Waals surface area contributed by atoms with Crippen LogP contribution < -0.4 is 5.32 Å². The van der Waals surface area contributed by atoms with Crippen molar-refractivity contribution in [3.8, 4) is 0 Å². The molecule has 2 amide bonds. The Balaban J connectivity index is 1.96. The highest BCUT2D eigenvalue weighted by Gasteiger charge is 2.30. The van der Waals surface area contributed by atoms with Crippen molar-refractivity contribution in [2.75, 3.05) is 6.54 Å². The molecule has 0 saturated carbocycles. The Morgan fingerprint density at radius 3 is 2.21 bits per heavy atom. The molecule has 0 bridgehead atoms. The van der Waals surface area contributed by atoms with Gasteiger partial charge in [0.2, 0.25) is 11.8 Å². The van der Waals surface area contributed by atoms with Crippen LogP contribution in [0.5, 0.6) is 0 Å². The molecule has 3 aromatic rings. The predicted molar refractivity (Wildman–Crippen MR) is 134 cm³/mol. The molecule has 4 heteroatoms. The number of amides is 2. The molecule has 0 radical (unpaired) electrons. The van der Waals surface area contributed by atoms with E-state index in [9.17, 15) is 9.59 Å². The molecule has 0 aromatic heterocycles. The minimum absolute atomic E-state index is 0.0491. The summed E-state index contributed by atoms with van der Waals surface area (Å²) in [6.07, 6.45) is 0.731. The van der Waals surface area contributed by atoms with Gasteiger partial charge in [-0.05, 0) is 55.5 Å². The highest BCUT2D eigenvalue weighted by atomic mass is 16.2. The summed E-state index contributed by atoms with van der Waals surface area (Å²) in [4.78, 5) is 28.6. The van der Waals surface area contributed by atoms with Gasteiger partial charge in [0.05, 0.1) is 6.42 Å². The van der Waals surface area contributed by atoms with Crippen molar-refractivity contribution in [1.82, 2.24) is 10.2 Å². The van der Waals surface area contributed by atoms with Gasteiger partial charge in [0, 0.05) is 19.5 Å². The lowest BCUT2D eigenvalue weighted by atomic mass is 10.00. The summed E-state index contributed by atoms with van der Waals surface area (Å²) in [5.41, 5.74) is 6.51. The first-order valence-corrected chi connectivity index (χ1v) is 11.6. The highest BCUT2D eigenvalue weighted by Crippen LogP contribution is 2.18. The molecule has 0 spiro atoms. The second-order valence-corrected chi connectivity index (χ2v) is 8.71. The van der Waals surface area contributed by atoms with Crippen molar-refractivity contribution in [2.45, 2.75) is 53.1 Å². The molecule has 4 nitrogen and oxygen atoms in total. The molecule has 0 saturated heterocycles. The summed E-state index contributed by atoms with van der Waals surface area (Å²) in [5.74, 6) is -0.172. The number of likely N-dealkylation sites (N-methyl/N-ethyl adjacent to an activating group) is 1. The monoisotopic (exact) mass is 442 g/mol. The van der Waals surface area contributed by atoms with Crippen LogP contribution in [0.1, 0.15) is 40.3 Å². The number of carbonyl (C=O) groups is 2. The van der Waals surface area contributed by atoms with Crippen molar-refractivity contribution >= 4 is 11.8 Å². The Morgan fingerprint density at radius 1 is 0.818 bits per heavy atom. The van der Waals surface area contributed by atoms with E-state index >= 15 is 0 Å². The Kier molecular flexibility index (Phi) is 8.42. The smallest absolute Gasteiger partial charge is 0.243 e. The molecule has 0 heterocycles. The summed E-state index contributed by atoms with van der Waals surface area (Å²) in [5, 5.41) is 2.95. The molecule has 3 aromatic carbocycles. The van der Waals surface area contributed by atoms with Crippen molar-refractivity contribution in [3.05, 3.63) is 106 Å². The zero-order valence-electron chi connectivity index (χ0n) is 20.1. The minimum atomic E-state index is -0.591. The van der Waals surface area contributed by atoms with Crippen LogP contribution in [0.4, 0.5) is 0 Å². The Hall–Kier alpha value is -3.40. The zero-order valence-corrected chi connectivity index (χ0v) is 20.1. The van der Waals surface area contributed by atoms with Crippen LogP contribution in [0.2, 0.25) is 0 Å². The van der Waals surface area contributed by atoms with Crippen LogP contribution in [-0.4, -0.2) is 29.3 Å². The number of carbonyl (C=O) groups excluding carboxylic acids is 2. The lowest BCUT2D eigenvalue weighted by Gasteiger charge is -2.31. The molecule has 0 aliphatic carbocycles. The van der Waals surface area contributed by atoms with Gasteiger partial charge in [0.25, 0.3) is 0 Å². The van der Waals surface area contributed by atoms with Crippen LogP contribution in [-0.2, 0) is 29.0 Å². The van der Waals surface area contributed by atoms with E-state index in [0.717, 1.165) is 27.8 Å². The number of nitrogens with zero attached hydrogens (tertiary/aromatic N) is 1. The maximum Gasteiger partial charge on any atom is 0.243 e. The topological polar surface area (TPSA) is 49.4 Å². The summed E-state index contributed by atoms with van der Waals surface area (Å²) >= 11 is 0. The maximum absolute atomic E-state index is 13.7. The van der Waals surface area contributed by atoms with E-state index in [2.05, 4.69) is 31.3 Å². The SMILES string of the molecule is CCNC(=O)C(Cc1ccccc1)N(Cc1cccc(C)c1)C(=O)Cc1ccc(C)c(C)c1. The average Bonchev–Trinajstić information content (AvgIpc) is 2.79. The summed E-state index contributed by atoms with van der Waals surface area (Å²) in [6, 6.07) is 23.5. The second kappa shape index (κ2) is 11.5. The van der Waals surface area contributed by atoms with E-state index in [1.807, 2.05) is 74.5 Å². The Labute approximate surface area is 197 Å². The molecular formula is C29H34N2O2. The zero-order chi connectivity index (χ0) is 23.8. The molecule has 172 valence electrons. The van der Waals surface area contributed by atoms with Gasteiger partial charge in [-0.25, -0.2) is 0 Å². The van der Waals surface area contributed by atoms with E-state index in [4.69, 9.17) is 0 Å². The first kappa shape index (κ1) is 24.2. The van der Waals surface area contributed by atoms with Gasteiger partial charge in [0.1, 0.15) is 6.04 Å². The predicted octanol–water partition coefficient (Wildman–Crippen LogP) is 4.93. The van der Waals surface area contributed by atoms with Crippen LogP contribution in [0.15, 0.2) is 72.8 Å². The third-order valence-electron chi connectivity index (χ3n) is 5.98. The Morgan fingerprint density at radius 2 is 1.55 bits per heavy atom. The third kappa shape index (κ3) is 6.79. The van der Waals surface area contributed by atoms with Gasteiger partial charge in [0.15, 0.2) is 0 Å². The molecule has 0 aliphatic heterocycles. The number of rotatable bonds is 9. The van der Waals surface area contributed by atoms with Gasteiger partial charge >= 0.3 is 0 Å². The van der Waals surface area contributed by atoms with Gasteiger partial charge in [-0.1, -0.05) is 78.4 Å².